The van der Waals surface area contributed by atoms with Crippen molar-refractivity contribution in [2.75, 3.05) is 13.2 Å². The van der Waals surface area contributed by atoms with Crippen LogP contribution >= 0.6 is 0 Å². The van der Waals surface area contributed by atoms with E-state index in [0.717, 1.165) is 37.3 Å². The number of nitrogens with two attached hydrogens (primary N) is 1. The highest BCUT2D eigenvalue weighted by Gasteiger charge is 2.17. The monoisotopic (exact) mass is 222 g/mol. The highest BCUT2D eigenvalue weighted by atomic mass is 16.5. The van der Waals surface area contributed by atoms with Crippen LogP contribution in [0.2, 0.25) is 0 Å². The number of hydrogen-bond acceptors (Lipinski definition) is 4. The average molecular weight is 222 g/mol. The topological polar surface area (TPSA) is 57.4 Å². The van der Waals surface area contributed by atoms with E-state index < -0.39 is 0 Å². The molecule has 0 aromatic carbocycles. The molecule has 0 saturated carbocycles. The predicted octanol–water partition coefficient (Wildman–Crippen LogP) is 1.41. The van der Waals surface area contributed by atoms with Gasteiger partial charge in [0.05, 0.1) is 13.2 Å². The van der Waals surface area contributed by atoms with Gasteiger partial charge in [0.15, 0.2) is 0 Å². The Morgan fingerprint density at radius 2 is 2.19 bits per heavy atom. The van der Waals surface area contributed by atoms with E-state index in [1.54, 1.807) is 0 Å². The van der Waals surface area contributed by atoms with Crippen LogP contribution in [0.3, 0.4) is 0 Å². The van der Waals surface area contributed by atoms with E-state index in [9.17, 15) is 0 Å². The van der Waals surface area contributed by atoms with Gasteiger partial charge in [0, 0.05) is 30.6 Å². The zero-order valence-corrected chi connectivity index (χ0v) is 9.61. The second-order valence-electron chi connectivity index (χ2n) is 4.05. The molecule has 0 amide bonds. The molecule has 0 unspecified atom stereocenters. The van der Waals surface area contributed by atoms with E-state index in [1.807, 2.05) is 19.1 Å². The number of aromatic nitrogens is 1. The predicted molar refractivity (Wildman–Crippen MR) is 61.3 cm³/mol. The Bertz CT molecular complexity index is 349. The van der Waals surface area contributed by atoms with Crippen molar-refractivity contribution in [1.82, 2.24) is 4.98 Å². The third-order valence-electron chi connectivity index (χ3n) is 2.74. The van der Waals surface area contributed by atoms with E-state index in [0.29, 0.717) is 12.4 Å². The molecule has 2 rings (SSSR count). The lowest BCUT2D eigenvalue weighted by molar-refractivity contribution is 0.0233. The summed E-state index contributed by atoms with van der Waals surface area (Å²) >= 11 is 0. The van der Waals surface area contributed by atoms with Gasteiger partial charge in [0.25, 0.3) is 0 Å². The van der Waals surface area contributed by atoms with Crippen molar-refractivity contribution in [3.05, 3.63) is 23.4 Å². The molecule has 1 aromatic heterocycles. The molecule has 1 saturated heterocycles. The molecular formula is C12H18N2O2. The Labute approximate surface area is 95.8 Å². The summed E-state index contributed by atoms with van der Waals surface area (Å²) in [6.07, 6.45) is 2.08. The van der Waals surface area contributed by atoms with Gasteiger partial charge < -0.3 is 15.2 Å². The van der Waals surface area contributed by atoms with Gasteiger partial charge >= 0.3 is 0 Å². The fourth-order valence-electron chi connectivity index (χ4n) is 1.77. The zero-order chi connectivity index (χ0) is 11.4. The van der Waals surface area contributed by atoms with E-state index in [4.69, 9.17) is 15.2 Å². The molecule has 2 N–H and O–H groups in total. The molecule has 0 atom stereocenters. The third kappa shape index (κ3) is 2.71. The molecular weight excluding hydrogens is 204 g/mol. The number of rotatable bonds is 3. The van der Waals surface area contributed by atoms with Crippen LogP contribution in [0, 0.1) is 6.92 Å². The van der Waals surface area contributed by atoms with Crippen molar-refractivity contribution >= 4 is 0 Å². The Morgan fingerprint density at radius 1 is 1.44 bits per heavy atom. The van der Waals surface area contributed by atoms with E-state index in [-0.39, 0.29) is 6.10 Å². The standard InChI is InChI=1S/C12H18N2O2/c1-9-2-3-10(8-13)12(14-9)16-11-4-6-15-7-5-11/h2-3,11H,4-8,13H2,1H3. The van der Waals surface area contributed by atoms with Gasteiger partial charge in [0.2, 0.25) is 5.88 Å². The van der Waals surface area contributed by atoms with Crippen LogP contribution in [-0.2, 0) is 11.3 Å². The van der Waals surface area contributed by atoms with E-state index in [1.165, 1.54) is 0 Å². The molecule has 16 heavy (non-hydrogen) atoms. The fraction of sp³-hybridized carbons (Fsp3) is 0.583. The number of pyridine rings is 1. The smallest absolute Gasteiger partial charge is 0.218 e. The van der Waals surface area contributed by atoms with Crippen molar-refractivity contribution in [2.45, 2.75) is 32.4 Å². The minimum atomic E-state index is 0.216. The summed E-state index contributed by atoms with van der Waals surface area (Å²) in [6.45, 7) is 3.96. The third-order valence-corrected chi connectivity index (χ3v) is 2.74. The summed E-state index contributed by atoms with van der Waals surface area (Å²) in [5, 5.41) is 0. The highest BCUT2D eigenvalue weighted by Crippen LogP contribution is 2.20. The van der Waals surface area contributed by atoms with E-state index in [2.05, 4.69) is 4.98 Å². The summed E-state index contributed by atoms with van der Waals surface area (Å²) < 4.78 is 11.2. The summed E-state index contributed by atoms with van der Waals surface area (Å²) in [6, 6.07) is 3.94. The molecule has 0 radical (unpaired) electrons. The first kappa shape index (κ1) is 11.4. The molecule has 0 spiro atoms. The van der Waals surface area contributed by atoms with Crippen molar-refractivity contribution < 1.29 is 9.47 Å². The first-order valence-electron chi connectivity index (χ1n) is 5.70. The lowest BCUT2D eigenvalue weighted by Crippen LogP contribution is -2.26. The summed E-state index contributed by atoms with van der Waals surface area (Å²) in [5.41, 5.74) is 7.59. The van der Waals surface area contributed by atoms with Crippen molar-refractivity contribution in [3.8, 4) is 5.88 Å². The Hall–Kier alpha value is -1.13. The van der Waals surface area contributed by atoms with Crippen molar-refractivity contribution in [1.29, 1.82) is 0 Å². The maximum atomic E-state index is 5.89. The summed E-state index contributed by atoms with van der Waals surface area (Å²) in [5.74, 6) is 0.689. The Kier molecular flexibility index (Phi) is 3.74. The first-order chi connectivity index (χ1) is 7.79. The molecule has 4 nitrogen and oxygen atoms in total. The van der Waals surface area contributed by atoms with Crippen molar-refractivity contribution in [2.24, 2.45) is 5.73 Å². The largest absolute Gasteiger partial charge is 0.474 e. The molecule has 0 bridgehead atoms. The number of nitrogens with zero attached hydrogens (tertiary/aromatic N) is 1. The fourth-order valence-corrected chi connectivity index (χ4v) is 1.77. The zero-order valence-electron chi connectivity index (χ0n) is 9.61. The van der Waals surface area contributed by atoms with Crippen molar-refractivity contribution in [3.63, 3.8) is 0 Å². The van der Waals surface area contributed by atoms with Gasteiger partial charge in [-0.05, 0) is 13.0 Å². The second kappa shape index (κ2) is 5.27. The molecule has 1 aliphatic rings. The van der Waals surface area contributed by atoms with Crippen LogP contribution in [0.4, 0.5) is 0 Å². The molecule has 0 aliphatic carbocycles. The molecule has 2 heterocycles. The Balaban J connectivity index is 2.09. The normalized spacial score (nSPS) is 17.4. The highest BCUT2D eigenvalue weighted by molar-refractivity contribution is 5.28. The minimum absolute atomic E-state index is 0.216. The maximum Gasteiger partial charge on any atom is 0.218 e. The van der Waals surface area contributed by atoms with Crippen LogP contribution in [0.15, 0.2) is 12.1 Å². The molecule has 1 aliphatic heterocycles. The summed E-state index contributed by atoms with van der Waals surface area (Å²) in [7, 11) is 0. The van der Waals surface area contributed by atoms with Crippen LogP contribution in [0.5, 0.6) is 5.88 Å². The number of ether oxygens (including phenoxy) is 2. The lowest BCUT2D eigenvalue weighted by atomic mass is 10.1. The first-order valence-corrected chi connectivity index (χ1v) is 5.70. The molecule has 1 aromatic rings. The van der Waals surface area contributed by atoms with Gasteiger partial charge in [-0.15, -0.1) is 0 Å². The molecule has 1 fully saturated rings. The SMILES string of the molecule is Cc1ccc(CN)c(OC2CCOCC2)n1. The van der Waals surface area contributed by atoms with Crippen LogP contribution in [0.1, 0.15) is 24.1 Å². The van der Waals surface area contributed by atoms with Crippen LogP contribution in [-0.4, -0.2) is 24.3 Å². The van der Waals surface area contributed by atoms with Gasteiger partial charge in [-0.1, -0.05) is 6.07 Å². The van der Waals surface area contributed by atoms with Gasteiger partial charge in [-0.2, -0.15) is 0 Å². The Morgan fingerprint density at radius 3 is 2.88 bits per heavy atom. The average Bonchev–Trinajstić information content (AvgIpc) is 2.31. The lowest BCUT2D eigenvalue weighted by Gasteiger charge is -2.23. The van der Waals surface area contributed by atoms with Crippen LogP contribution in [0.25, 0.3) is 0 Å². The van der Waals surface area contributed by atoms with Gasteiger partial charge in [0.1, 0.15) is 6.10 Å². The molecule has 88 valence electrons. The van der Waals surface area contributed by atoms with Gasteiger partial charge in [-0.25, -0.2) is 4.98 Å². The van der Waals surface area contributed by atoms with E-state index >= 15 is 0 Å². The minimum Gasteiger partial charge on any atom is -0.474 e. The molecule has 4 heteroatoms. The van der Waals surface area contributed by atoms with Crippen LogP contribution < -0.4 is 10.5 Å². The number of hydrogen-bond donors (Lipinski definition) is 1. The number of aryl methyl sites for hydroxylation is 1. The second-order valence-corrected chi connectivity index (χ2v) is 4.05. The maximum absolute atomic E-state index is 5.89. The quantitative estimate of drug-likeness (QED) is 0.840. The van der Waals surface area contributed by atoms with Gasteiger partial charge in [-0.3, -0.25) is 0 Å². The summed E-state index contributed by atoms with van der Waals surface area (Å²) in [4.78, 5) is 4.40.